The van der Waals surface area contributed by atoms with Crippen LogP contribution in [0.5, 0.6) is 0 Å². The Kier molecular flexibility index (Phi) is 3.75. The molecule has 0 heterocycles. The van der Waals surface area contributed by atoms with E-state index in [9.17, 15) is 14.3 Å². The van der Waals surface area contributed by atoms with Crippen molar-refractivity contribution >= 4 is 11.6 Å². The fraction of sp³-hybridized carbons (Fsp3) is 0.500. The zero-order valence-electron chi connectivity index (χ0n) is 11.0. The summed E-state index contributed by atoms with van der Waals surface area (Å²) in [6, 6.07) is 4.00. The Morgan fingerprint density at radius 3 is 2.68 bits per heavy atom. The number of carbonyl (C=O) groups is 1. The summed E-state index contributed by atoms with van der Waals surface area (Å²) in [7, 11) is 1.58. The summed E-state index contributed by atoms with van der Waals surface area (Å²) in [5, 5.41) is 10.3. The molecule has 1 saturated carbocycles. The third kappa shape index (κ3) is 3.04. The first-order chi connectivity index (χ1) is 8.91. The van der Waals surface area contributed by atoms with Gasteiger partial charge in [0.1, 0.15) is 5.82 Å². The molecule has 0 atom stereocenters. The first-order valence-corrected chi connectivity index (χ1v) is 6.44. The third-order valence-electron chi connectivity index (χ3n) is 3.64. The average Bonchev–Trinajstić information content (AvgIpc) is 2.75. The number of likely N-dealkylation sites (N-methyl/N-ethyl adjacent to an activating group) is 1. The van der Waals surface area contributed by atoms with Crippen molar-refractivity contribution < 1.29 is 14.3 Å². The summed E-state index contributed by atoms with van der Waals surface area (Å²) >= 11 is 0. The predicted octanol–water partition coefficient (Wildman–Crippen LogP) is 1.78. The van der Waals surface area contributed by atoms with E-state index in [1.54, 1.807) is 7.05 Å². The lowest BCUT2D eigenvalue weighted by atomic mass is 10.0. The van der Waals surface area contributed by atoms with Crippen molar-refractivity contribution in [3.05, 3.63) is 29.6 Å². The minimum atomic E-state index is -0.825. The second-order valence-electron chi connectivity index (χ2n) is 5.33. The van der Waals surface area contributed by atoms with Gasteiger partial charge >= 0.3 is 0 Å². The number of carbonyl (C=O) groups excluding carboxylic acids is 1. The highest BCUT2D eigenvalue weighted by molar-refractivity contribution is 5.94. The van der Waals surface area contributed by atoms with E-state index in [0.29, 0.717) is 12.8 Å². The highest BCUT2D eigenvalue weighted by atomic mass is 19.1. The van der Waals surface area contributed by atoms with Crippen molar-refractivity contribution in [2.24, 2.45) is 0 Å². The predicted molar refractivity (Wildman–Crippen MR) is 71.2 cm³/mol. The van der Waals surface area contributed by atoms with E-state index in [4.69, 9.17) is 5.73 Å². The molecule has 1 aromatic rings. The summed E-state index contributed by atoms with van der Waals surface area (Å²) in [4.78, 5) is 13.5. The minimum absolute atomic E-state index is 0.0155. The number of hydrogen-bond acceptors (Lipinski definition) is 3. The first kappa shape index (κ1) is 13.8. The van der Waals surface area contributed by atoms with Gasteiger partial charge in [-0.2, -0.15) is 0 Å². The van der Waals surface area contributed by atoms with Crippen molar-refractivity contribution in [1.82, 2.24) is 4.90 Å². The van der Waals surface area contributed by atoms with Gasteiger partial charge in [-0.05, 0) is 31.0 Å². The lowest BCUT2D eigenvalue weighted by Crippen LogP contribution is -2.42. The number of benzene rings is 1. The van der Waals surface area contributed by atoms with E-state index in [2.05, 4.69) is 0 Å². The molecule has 19 heavy (non-hydrogen) atoms. The maximum atomic E-state index is 13.7. The van der Waals surface area contributed by atoms with Crippen LogP contribution >= 0.6 is 0 Å². The highest BCUT2D eigenvalue weighted by Gasteiger charge is 2.33. The number of nitrogen functional groups attached to an aromatic ring is 1. The van der Waals surface area contributed by atoms with Crippen LogP contribution in [-0.2, 0) is 0 Å². The molecule has 0 aliphatic heterocycles. The lowest BCUT2D eigenvalue weighted by molar-refractivity contribution is 0.0155. The fourth-order valence-electron chi connectivity index (χ4n) is 2.61. The van der Waals surface area contributed by atoms with Crippen molar-refractivity contribution in [2.75, 3.05) is 19.3 Å². The first-order valence-electron chi connectivity index (χ1n) is 6.44. The molecule has 1 aliphatic rings. The Labute approximate surface area is 112 Å². The summed E-state index contributed by atoms with van der Waals surface area (Å²) in [5.41, 5.74) is 4.90. The van der Waals surface area contributed by atoms with E-state index in [1.165, 1.54) is 17.0 Å². The normalized spacial score (nSPS) is 17.4. The zero-order valence-corrected chi connectivity index (χ0v) is 11.0. The van der Waals surface area contributed by atoms with Crippen molar-refractivity contribution in [3.63, 3.8) is 0 Å². The molecular formula is C14H19FN2O2. The summed E-state index contributed by atoms with van der Waals surface area (Å²) < 4.78 is 13.7. The van der Waals surface area contributed by atoms with Crippen LogP contribution in [0, 0.1) is 5.82 Å². The molecule has 2 rings (SSSR count). The Hall–Kier alpha value is -1.62. The van der Waals surface area contributed by atoms with Crippen LogP contribution in [-0.4, -0.2) is 35.1 Å². The Morgan fingerprint density at radius 2 is 2.11 bits per heavy atom. The minimum Gasteiger partial charge on any atom is -0.399 e. The van der Waals surface area contributed by atoms with Gasteiger partial charge in [0.15, 0.2) is 0 Å². The molecule has 0 spiro atoms. The monoisotopic (exact) mass is 266 g/mol. The van der Waals surface area contributed by atoms with Gasteiger partial charge in [0.25, 0.3) is 5.91 Å². The number of anilines is 1. The summed E-state index contributed by atoms with van der Waals surface area (Å²) in [6.07, 6.45) is 3.31. The van der Waals surface area contributed by atoms with E-state index in [1.807, 2.05) is 0 Å². The quantitative estimate of drug-likeness (QED) is 0.820. The topological polar surface area (TPSA) is 66.6 Å². The number of nitrogens with zero attached hydrogens (tertiary/aromatic N) is 1. The Bertz CT molecular complexity index is 484. The van der Waals surface area contributed by atoms with E-state index >= 15 is 0 Å². The largest absolute Gasteiger partial charge is 0.399 e. The van der Waals surface area contributed by atoms with Crippen LogP contribution in [0.25, 0.3) is 0 Å². The maximum absolute atomic E-state index is 13.7. The molecule has 1 fully saturated rings. The van der Waals surface area contributed by atoms with Crippen molar-refractivity contribution in [1.29, 1.82) is 0 Å². The molecule has 0 saturated heterocycles. The molecule has 5 heteroatoms. The number of rotatable bonds is 3. The van der Waals surface area contributed by atoms with Gasteiger partial charge in [0.05, 0.1) is 11.2 Å². The van der Waals surface area contributed by atoms with Crippen molar-refractivity contribution in [2.45, 2.75) is 31.3 Å². The molecule has 0 bridgehead atoms. The number of nitrogens with two attached hydrogens (primary N) is 1. The van der Waals surface area contributed by atoms with Gasteiger partial charge in [-0.3, -0.25) is 4.79 Å². The molecule has 0 aromatic heterocycles. The Morgan fingerprint density at radius 1 is 1.47 bits per heavy atom. The number of aliphatic hydroxyl groups is 1. The molecule has 1 aliphatic carbocycles. The number of halogens is 1. The third-order valence-corrected chi connectivity index (χ3v) is 3.64. The van der Waals surface area contributed by atoms with E-state index in [0.717, 1.165) is 18.9 Å². The molecule has 3 N–H and O–H groups in total. The lowest BCUT2D eigenvalue weighted by Gasteiger charge is -2.28. The van der Waals surface area contributed by atoms with Gasteiger partial charge in [-0.1, -0.05) is 12.8 Å². The Balaban J connectivity index is 2.10. The van der Waals surface area contributed by atoms with E-state index in [-0.39, 0.29) is 17.8 Å². The molecule has 1 amide bonds. The van der Waals surface area contributed by atoms with Crippen LogP contribution in [0.4, 0.5) is 10.1 Å². The van der Waals surface area contributed by atoms with Crippen LogP contribution in [0.15, 0.2) is 18.2 Å². The van der Waals surface area contributed by atoms with Gasteiger partial charge in [0.2, 0.25) is 0 Å². The average molecular weight is 266 g/mol. The second kappa shape index (κ2) is 5.17. The maximum Gasteiger partial charge on any atom is 0.256 e. The smallest absolute Gasteiger partial charge is 0.256 e. The molecule has 4 nitrogen and oxygen atoms in total. The molecule has 0 unspecified atom stereocenters. The van der Waals surface area contributed by atoms with Crippen LogP contribution in [0.1, 0.15) is 36.0 Å². The molecule has 1 aromatic carbocycles. The fourth-order valence-corrected chi connectivity index (χ4v) is 2.61. The van der Waals surface area contributed by atoms with Gasteiger partial charge < -0.3 is 15.7 Å². The number of hydrogen-bond donors (Lipinski definition) is 2. The second-order valence-corrected chi connectivity index (χ2v) is 5.33. The van der Waals surface area contributed by atoms with Crippen LogP contribution in [0.3, 0.4) is 0 Å². The molecular weight excluding hydrogens is 247 g/mol. The molecule has 104 valence electrons. The van der Waals surface area contributed by atoms with Gasteiger partial charge in [-0.15, -0.1) is 0 Å². The van der Waals surface area contributed by atoms with Crippen molar-refractivity contribution in [3.8, 4) is 0 Å². The van der Waals surface area contributed by atoms with E-state index < -0.39 is 17.3 Å². The van der Waals surface area contributed by atoms with Crippen LogP contribution < -0.4 is 5.73 Å². The highest BCUT2D eigenvalue weighted by Crippen LogP contribution is 2.30. The zero-order chi connectivity index (χ0) is 14.0. The van der Waals surface area contributed by atoms with Gasteiger partial charge in [0, 0.05) is 19.3 Å². The SMILES string of the molecule is CN(CC1(O)CCCC1)C(=O)c1ccc(N)cc1F. The molecule has 0 radical (unpaired) electrons. The van der Waals surface area contributed by atoms with Crippen LogP contribution in [0.2, 0.25) is 0 Å². The number of amides is 1. The standard InChI is InChI=1S/C14H19FN2O2/c1-17(9-14(19)6-2-3-7-14)13(18)11-5-4-10(16)8-12(11)15/h4-5,8,19H,2-3,6-7,9,16H2,1H3. The summed E-state index contributed by atoms with van der Waals surface area (Å²) in [5.74, 6) is -1.06. The summed E-state index contributed by atoms with van der Waals surface area (Å²) in [6.45, 7) is 0.232. The van der Waals surface area contributed by atoms with Gasteiger partial charge in [-0.25, -0.2) is 4.39 Å².